The number of halogens is 1. The predicted octanol–water partition coefficient (Wildman–Crippen LogP) is 4.81. The van der Waals surface area contributed by atoms with Crippen LogP contribution in [0, 0.1) is 5.92 Å². The minimum Gasteiger partial charge on any atom is -0.444 e. The molecule has 0 saturated carbocycles. The summed E-state index contributed by atoms with van der Waals surface area (Å²) in [5.41, 5.74) is 0.928. The summed E-state index contributed by atoms with van der Waals surface area (Å²) < 4.78 is 6.56. The van der Waals surface area contributed by atoms with Gasteiger partial charge in [0.15, 0.2) is 0 Å². The highest BCUT2D eigenvalue weighted by Crippen LogP contribution is 2.33. The van der Waals surface area contributed by atoms with E-state index in [1.807, 2.05) is 25.7 Å². The van der Waals surface area contributed by atoms with Gasteiger partial charge in [-0.1, -0.05) is 35.0 Å². The summed E-state index contributed by atoms with van der Waals surface area (Å²) in [6, 6.07) is 8.52. The number of benzene rings is 1. The number of ether oxygens (including phenoxy) is 1. The Labute approximate surface area is 135 Å². The average molecular weight is 354 g/mol. The highest BCUT2D eigenvalue weighted by Gasteiger charge is 2.31. The van der Waals surface area contributed by atoms with Crippen LogP contribution < -0.4 is 0 Å². The van der Waals surface area contributed by atoms with Crippen LogP contribution in [0.2, 0.25) is 0 Å². The highest BCUT2D eigenvalue weighted by molar-refractivity contribution is 9.10. The number of amides is 1. The first-order valence-corrected chi connectivity index (χ1v) is 8.29. The third-order valence-electron chi connectivity index (χ3n) is 3.86. The third-order valence-corrected chi connectivity index (χ3v) is 4.38. The maximum atomic E-state index is 12.1. The zero-order valence-corrected chi connectivity index (χ0v) is 14.8. The van der Waals surface area contributed by atoms with E-state index in [2.05, 4.69) is 47.1 Å². The van der Waals surface area contributed by atoms with Gasteiger partial charge in [-0.25, -0.2) is 4.79 Å². The van der Waals surface area contributed by atoms with Crippen LogP contribution in [0.1, 0.15) is 45.6 Å². The van der Waals surface area contributed by atoms with E-state index in [9.17, 15) is 4.79 Å². The maximum Gasteiger partial charge on any atom is 0.410 e. The molecule has 4 heteroatoms. The Kier molecular flexibility index (Phi) is 4.97. The van der Waals surface area contributed by atoms with Crippen LogP contribution in [-0.2, 0) is 4.74 Å². The lowest BCUT2D eigenvalue weighted by Gasteiger charge is -2.37. The molecule has 0 aromatic heterocycles. The lowest BCUT2D eigenvalue weighted by molar-refractivity contribution is 0.0155. The van der Waals surface area contributed by atoms with Gasteiger partial charge in [-0.15, -0.1) is 0 Å². The molecule has 0 aliphatic carbocycles. The first kappa shape index (κ1) is 16.3. The Hall–Kier alpha value is -1.03. The van der Waals surface area contributed by atoms with Gasteiger partial charge < -0.3 is 9.64 Å². The van der Waals surface area contributed by atoms with Crippen LogP contribution in [-0.4, -0.2) is 29.7 Å². The summed E-state index contributed by atoms with van der Waals surface area (Å²) in [6.45, 7) is 9.45. The molecule has 116 valence electrons. The molecule has 21 heavy (non-hydrogen) atoms. The van der Waals surface area contributed by atoms with Crippen molar-refractivity contribution >= 4 is 22.0 Å². The molecular weight excluding hydrogens is 330 g/mol. The topological polar surface area (TPSA) is 29.5 Å². The number of hydrogen-bond acceptors (Lipinski definition) is 2. The quantitative estimate of drug-likeness (QED) is 0.724. The number of hydrogen-bond donors (Lipinski definition) is 0. The first-order chi connectivity index (χ1) is 9.76. The van der Waals surface area contributed by atoms with E-state index >= 15 is 0 Å². The van der Waals surface area contributed by atoms with Crippen LogP contribution in [0.5, 0.6) is 0 Å². The normalized spacial score (nSPS) is 23.0. The molecule has 1 saturated heterocycles. The summed E-state index contributed by atoms with van der Waals surface area (Å²) in [6.07, 6.45) is 0.797. The zero-order chi connectivity index (χ0) is 15.6. The molecule has 1 aliphatic rings. The molecule has 0 radical (unpaired) electrons. The second kappa shape index (κ2) is 6.39. The molecule has 0 bridgehead atoms. The van der Waals surface area contributed by atoms with E-state index in [0.29, 0.717) is 11.8 Å². The van der Waals surface area contributed by atoms with E-state index in [1.165, 1.54) is 5.56 Å². The standard InChI is InChI=1S/C17H24BrNO2/c1-12-11-19(16(20)21-17(2,3)4)10-9-15(12)13-5-7-14(18)8-6-13/h5-8,12,15H,9-11H2,1-4H3. The van der Waals surface area contributed by atoms with Crippen molar-refractivity contribution in [1.29, 1.82) is 0 Å². The Morgan fingerprint density at radius 3 is 2.43 bits per heavy atom. The minimum absolute atomic E-state index is 0.191. The van der Waals surface area contributed by atoms with Gasteiger partial charge in [-0.3, -0.25) is 0 Å². The molecule has 2 rings (SSSR count). The third kappa shape index (κ3) is 4.47. The fourth-order valence-corrected chi connectivity index (χ4v) is 3.11. The van der Waals surface area contributed by atoms with Crippen molar-refractivity contribution in [2.75, 3.05) is 13.1 Å². The molecule has 2 atom stereocenters. The van der Waals surface area contributed by atoms with Crippen LogP contribution in [0.4, 0.5) is 4.79 Å². The maximum absolute atomic E-state index is 12.1. The Morgan fingerprint density at radius 1 is 1.29 bits per heavy atom. The molecule has 1 aromatic carbocycles. The molecule has 1 fully saturated rings. The second-order valence-corrected chi connectivity index (χ2v) is 7.77. The van der Waals surface area contributed by atoms with E-state index in [1.54, 1.807) is 0 Å². The van der Waals surface area contributed by atoms with Gasteiger partial charge in [0.25, 0.3) is 0 Å². The number of nitrogens with zero attached hydrogens (tertiary/aromatic N) is 1. The summed E-state index contributed by atoms with van der Waals surface area (Å²) >= 11 is 3.47. The summed E-state index contributed by atoms with van der Waals surface area (Å²) in [7, 11) is 0. The Morgan fingerprint density at radius 2 is 1.90 bits per heavy atom. The molecule has 0 N–H and O–H groups in total. The summed E-state index contributed by atoms with van der Waals surface area (Å²) in [5, 5.41) is 0. The van der Waals surface area contributed by atoms with Crippen LogP contribution in [0.25, 0.3) is 0 Å². The molecule has 1 aliphatic heterocycles. The number of carbonyl (C=O) groups is 1. The largest absolute Gasteiger partial charge is 0.444 e. The molecular formula is C17H24BrNO2. The molecule has 1 amide bonds. The number of carbonyl (C=O) groups excluding carboxylic acids is 1. The van der Waals surface area contributed by atoms with Crippen LogP contribution in [0.15, 0.2) is 28.7 Å². The van der Waals surface area contributed by atoms with Crippen molar-refractivity contribution in [2.45, 2.75) is 45.6 Å². The van der Waals surface area contributed by atoms with Gasteiger partial charge in [0, 0.05) is 17.6 Å². The van der Waals surface area contributed by atoms with Crippen molar-refractivity contribution in [3.8, 4) is 0 Å². The van der Waals surface area contributed by atoms with Crippen molar-refractivity contribution < 1.29 is 9.53 Å². The van der Waals surface area contributed by atoms with Gasteiger partial charge in [-0.05, 0) is 56.7 Å². The monoisotopic (exact) mass is 353 g/mol. The highest BCUT2D eigenvalue weighted by atomic mass is 79.9. The van der Waals surface area contributed by atoms with Gasteiger partial charge in [0.1, 0.15) is 5.60 Å². The van der Waals surface area contributed by atoms with E-state index in [-0.39, 0.29) is 6.09 Å². The molecule has 3 nitrogen and oxygen atoms in total. The molecule has 0 spiro atoms. The van der Waals surface area contributed by atoms with Gasteiger partial charge in [0.2, 0.25) is 0 Å². The van der Waals surface area contributed by atoms with Crippen molar-refractivity contribution in [3.63, 3.8) is 0 Å². The van der Waals surface area contributed by atoms with Crippen molar-refractivity contribution in [2.24, 2.45) is 5.92 Å². The Bertz CT molecular complexity index is 493. The molecule has 1 aromatic rings. The lowest BCUT2D eigenvalue weighted by Crippen LogP contribution is -2.44. The first-order valence-electron chi connectivity index (χ1n) is 7.49. The van der Waals surface area contributed by atoms with Crippen LogP contribution in [0.3, 0.4) is 0 Å². The fourth-order valence-electron chi connectivity index (χ4n) is 2.84. The lowest BCUT2D eigenvalue weighted by atomic mass is 9.82. The average Bonchev–Trinajstić information content (AvgIpc) is 2.38. The predicted molar refractivity (Wildman–Crippen MR) is 88.5 cm³/mol. The van der Waals surface area contributed by atoms with Gasteiger partial charge in [-0.2, -0.15) is 0 Å². The van der Waals surface area contributed by atoms with Crippen LogP contribution >= 0.6 is 15.9 Å². The van der Waals surface area contributed by atoms with E-state index in [4.69, 9.17) is 4.74 Å². The van der Waals surface area contributed by atoms with Gasteiger partial charge >= 0.3 is 6.09 Å². The fraction of sp³-hybridized carbons (Fsp3) is 0.588. The minimum atomic E-state index is -0.428. The number of piperidine rings is 1. The van der Waals surface area contributed by atoms with Gasteiger partial charge in [0.05, 0.1) is 0 Å². The number of rotatable bonds is 1. The second-order valence-electron chi connectivity index (χ2n) is 6.85. The van der Waals surface area contributed by atoms with E-state index in [0.717, 1.165) is 24.0 Å². The molecule has 2 unspecified atom stereocenters. The Balaban J connectivity index is 1.99. The number of likely N-dealkylation sites (tertiary alicyclic amines) is 1. The van der Waals surface area contributed by atoms with E-state index < -0.39 is 5.60 Å². The molecule has 1 heterocycles. The summed E-state index contributed by atoms with van der Waals surface area (Å²) in [5.74, 6) is 0.948. The van der Waals surface area contributed by atoms with Crippen molar-refractivity contribution in [3.05, 3.63) is 34.3 Å². The SMILES string of the molecule is CC1CN(C(=O)OC(C)(C)C)CCC1c1ccc(Br)cc1. The van der Waals surface area contributed by atoms with Crippen molar-refractivity contribution in [1.82, 2.24) is 4.90 Å². The smallest absolute Gasteiger partial charge is 0.410 e. The zero-order valence-electron chi connectivity index (χ0n) is 13.2. The summed E-state index contributed by atoms with van der Waals surface area (Å²) in [4.78, 5) is 14.0.